The number of carbonyl (C=O) groups excluding carboxylic acids is 1. The van der Waals surface area contributed by atoms with Gasteiger partial charge in [0.05, 0.1) is 18.0 Å². The maximum absolute atomic E-state index is 13.4. The number of amides is 1. The van der Waals surface area contributed by atoms with E-state index in [1.807, 2.05) is 13.8 Å². The Kier molecular flexibility index (Phi) is 5.76. The molecule has 12 heteroatoms. The Bertz CT molecular complexity index is 1090. The van der Waals surface area contributed by atoms with Gasteiger partial charge in [-0.05, 0) is 38.3 Å². The Morgan fingerprint density at radius 2 is 1.81 bits per heavy atom. The Morgan fingerprint density at radius 3 is 2.47 bits per heavy atom. The molecule has 2 atom stereocenters. The first-order valence-corrected chi connectivity index (χ1v) is 10.0. The molecule has 0 aromatic carbocycles. The van der Waals surface area contributed by atoms with Crippen LogP contribution in [0, 0.1) is 6.92 Å². The lowest BCUT2D eigenvalue weighted by Crippen LogP contribution is -2.52. The van der Waals surface area contributed by atoms with E-state index < -0.39 is 11.7 Å². The van der Waals surface area contributed by atoms with Gasteiger partial charge in [-0.25, -0.2) is 15.0 Å². The molecule has 32 heavy (non-hydrogen) atoms. The second-order valence-corrected chi connectivity index (χ2v) is 7.62. The van der Waals surface area contributed by atoms with Gasteiger partial charge < -0.3 is 10.2 Å². The smallest absolute Gasteiger partial charge is 0.349 e. The summed E-state index contributed by atoms with van der Waals surface area (Å²) in [5, 5.41) is 11.3. The van der Waals surface area contributed by atoms with Crippen molar-refractivity contribution in [2.75, 3.05) is 11.9 Å². The van der Waals surface area contributed by atoms with Crippen molar-refractivity contribution in [1.29, 1.82) is 0 Å². The lowest BCUT2D eigenvalue weighted by Gasteiger charge is -2.39. The van der Waals surface area contributed by atoms with E-state index in [-0.39, 0.29) is 29.6 Å². The number of pyridine rings is 1. The minimum Gasteiger partial charge on any atom is -0.349 e. The van der Waals surface area contributed by atoms with Gasteiger partial charge in [-0.2, -0.15) is 23.4 Å². The normalized spacial score (nSPS) is 19.1. The van der Waals surface area contributed by atoms with Gasteiger partial charge in [0.2, 0.25) is 5.95 Å². The highest BCUT2D eigenvalue weighted by Gasteiger charge is 2.35. The molecule has 4 heterocycles. The third-order valence-electron chi connectivity index (χ3n) is 5.38. The lowest BCUT2D eigenvalue weighted by atomic mass is 9.97. The zero-order chi connectivity index (χ0) is 22.9. The number of nitrogens with zero attached hydrogens (tertiary/aromatic N) is 7. The maximum atomic E-state index is 13.4. The highest BCUT2D eigenvalue weighted by Crippen LogP contribution is 2.29. The molecule has 168 valence electrons. The fraction of sp³-hybridized carbons (Fsp3) is 0.400. The molecule has 1 saturated heterocycles. The number of likely N-dealkylation sites (tertiary alicyclic amines) is 1. The minimum absolute atomic E-state index is 0.0824. The Labute approximate surface area is 181 Å². The third-order valence-corrected chi connectivity index (χ3v) is 5.38. The van der Waals surface area contributed by atoms with Crippen molar-refractivity contribution in [3.8, 4) is 5.69 Å². The molecule has 0 aliphatic carbocycles. The first-order chi connectivity index (χ1) is 15.2. The molecule has 9 nitrogen and oxygen atoms in total. The molecule has 3 aromatic rings. The number of alkyl halides is 3. The average Bonchev–Trinajstić information content (AvgIpc) is 3.29. The predicted octanol–water partition coefficient (Wildman–Crippen LogP) is 2.88. The minimum atomic E-state index is -4.50. The zero-order valence-electron chi connectivity index (χ0n) is 17.4. The topological polar surface area (TPSA) is 102 Å². The van der Waals surface area contributed by atoms with E-state index in [0.29, 0.717) is 25.1 Å². The quantitative estimate of drug-likeness (QED) is 0.658. The van der Waals surface area contributed by atoms with Gasteiger partial charge in [0.15, 0.2) is 5.69 Å². The van der Waals surface area contributed by atoms with Gasteiger partial charge in [-0.1, -0.05) is 0 Å². The number of aryl methyl sites for hydroxylation is 1. The van der Waals surface area contributed by atoms with E-state index in [4.69, 9.17) is 0 Å². The summed E-state index contributed by atoms with van der Waals surface area (Å²) in [6.45, 7) is 4.26. The molecule has 0 unspecified atom stereocenters. The number of rotatable bonds is 4. The van der Waals surface area contributed by atoms with E-state index in [2.05, 4.69) is 30.5 Å². The van der Waals surface area contributed by atoms with Crippen molar-refractivity contribution < 1.29 is 18.0 Å². The first kappa shape index (κ1) is 21.7. The summed E-state index contributed by atoms with van der Waals surface area (Å²) in [5.74, 6) is -0.191. The van der Waals surface area contributed by atoms with E-state index in [9.17, 15) is 18.0 Å². The lowest BCUT2D eigenvalue weighted by molar-refractivity contribution is -0.138. The van der Waals surface area contributed by atoms with Gasteiger partial charge in [0.25, 0.3) is 5.91 Å². The van der Waals surface area contributed by atoms with Gasteiger partial charge >= 0.3 is 6.18 Å². The number of piperidine rings is 1. The fourth-order valence-electron chi connectivity index (χ4n) is 3.68. The SMILES string of the molecule is Cc1cnc(C(=O)N2CCC[C@@H](Nc3ncc(C(F)(F)F)cn3)[C@@H]2C)c(-n2nccn2)c1. The number of aromatic nitrogens is 6. The van der Waals surface area contributed by atoms with E-state index >= 15 is 0 Å². The number of carbonyl (C=O) groups is 1. The Hall–Kier alpha value is -3.57. The Morgan fingerprint density at radius 1 is 1.12 bits per heavy atom. The van der Waals surface area contributed by atoms with Crippen LogP contribution in [0.25, 0.3) is 5.69 Å². The summed E-state index contributed by atoms with van der Waals surface area (Å²) in [5.41, 5.74) is 0.653. The maximum Gasteiger partial charge on any atom is 0.419 e. The van der Waals surface area contributed by atoms with Gasteiger partial charge in [-0.15, -0.1) is 4.80 Å². The van der Waals surface area contributed by atoms with Crippen LogP contribution >= 0.6 is 0 Å². The van der Waals surface area contributed by atoms with E-state index in [0.717, 1.165) is 18.0 Å². The average molecular weight is 446 g/mol. The summed E-state index contributed by atoms with van der Waals surface area (Å²) in [6.07, 6.45) is 3.05. The first-order valence-electron chi connectivity index (χ1n) is 10.0. The highest BCUT2D eigenvalue weighted by molar-refractivity contribution is 5.96. The monoisotopic (exact) mass is 446 g/mol. The van der Waals surface area contributed by atoms with E-state index in [1.165, 1.54) is 17.2 Å². The second kappa shape index (κ2) is 8.52. The van der Waals surface area contributed by atoms with Crippen molar-refractivity contribution in [3.05, 3.63) is 53.9 Å². The summed E-state index contributed by atoms with van der Waals surface area (Å²) < 4.78 is 38.2. The molecule has 1 aliphatic heterocycles. The number of nitrogens with one attached hydrogen (secondary N) is 1. The van der Waals surface area contributed by atoms with Crippen LogP contribution in [0.1, 0.15) is 41.4 Å². The molecule has 0 radical (unpaired) electrons. The van der Waals surface area contributed by atoms with Crippen molar-refractivity contribution in [1.82, 2.24) is 34.8 Å². The number of anilines is 1. The molecule has 3 aromatic heterocycles. The van der Waals surface area contributed by atoms with Gasteiger partial charge in [0.1, 0.15) is 5.69 Å². The largest absolute Gasteiger partial charge is 0.419 e. The van der Waals surface area contributed by atoms with Crippen molar-refractivity contribution in [2.24, 2.45) is 0 Å². The number of hydrogen-bond acceptors (Lipinski definition) is 7. The van der Waals surface area contributed by atoms with Crippen LogP contribution in [0.4, 0.5) is 19.1 Å². The molecule has 0 bridgehead atoms. The Balaban J connectivity index is 1.54. The summed E-state index contributed by atoms with van der Waals surface area (Å²) in [6, 6.07) is 1.28. The van der Waals surface area contributed by atoms with Crippen LogP contribution in [-0.4, -0.2) is 59.4 Å². The van der Waals surface area contributed by atoms with Crippen LogP contribution in [0.2, 0.25) is 0 Å². The van der Waals surface area contributed by atoms with Crippen LogP contribution in [0.3, 0.4) is 0 Å². The number of halogens is 3. The van der Waals surface area contributed by atoms with Crippen LogP contribution < -0.4 is 5.32 Å². The molecule has 0 saturated carbocycles. The highest BCUT2D eigenvalue weighted by atomic mass is 19.4. The third kappa shape index (κ3) is 4.39. The molecule has 4 rings (SSSR count). The molecular formula is C20H21F3N8O. The van der Waals surface area contributed by atoms with E-state index in [1.54, 1.807) is 17.2 Å². The second-order valence-electron chi connectivity index (χ2n) is 7.62. The summed E-state index contributed by atoms with van der Waals surface area (Å²) in [7, 11) is 0. The van der Waals surface area contributed by atoms with Crippen molar-refractivity contribution in [3.63, 3.8) is 0 Å². The van der Waals surface area contributed by atoms with Crippen molar-refractivity contribution >= 4 is 11.9 Å². The predicted molar refractivity (Wildman–Crippen MR) is 108 cm³/mol. The van der Waals surface area contributed by atoms with Crippen LogP contribution in [-0.2, 0) is 6.18 Å². The van der Waals surface area contributed by atoms with Crippen LogP contribution in [0.5, 0.6) is 0 Å². The van der Waals surface area contributed by atoms with Gasteiger partial charge in [0, 0.05) is 37.2 Å². The fourth-order valence-corrected chi connectivity index (χ4v) is 3.68. The van der Waals surface area contributed by atoms with Crippen molar-refractivity contribution in [2.45, 2.75) is 44.9 Å². The standard InChI is InChI=1S/C20H21F3N8O/c1-12-8-16(31-27-5-6-28-31)17(24-9-12)18(32)30-7-3-4-15(13(30)2)29-19-25-10-14(11-26-19)20(21,22)23/h5-6,8-11,13,15H,3-4,7H2,1-2H3,(H,25,26,29)/t13-,15+/m0/s1. The van der Waals surface area contributed by atoms with Gasteiger partial charge in [-0.3, -0.25) is 4.79 Å². The molecule has 1 fully saturated rings. The molecule has 1 amide bonds. The molecular weight excluding hydrogens is 425 g/mol. The zero-order valence-corrected chi connectivity index (χ0v) is 17.4. The molecule has 1 aliphatic rings. The number of hydrogen-bond donors (Lipinski definition) is 1. The summed E-state index contributed by atoms with van der Waals surface area (Å²) in [4.78, 5) is 28.4. The van der Waals surface area contributed by atoms with Crippen LogP contribution in [0.15, 0.2) is 37.1 Å². The molecule has 1 N–H and O–H groups in total. The molecule has 0 spiro atoms. The summed E-state index contributed by atoms with van der Waals surface area (Å²) >= 11 is 0.